The van der Waals surface area contributed by atoms with Gasteiger partial charge in [0.2, 0.25) is 15.9 Å². The Balaban J connectivity index is 1.91. The molecule has 0 aromatic heterocycles. The number of nitrogens with zero attached hydrogens (tertiary/aromatic N) is 1. The molecule has 144 valence electrons. The first-order chi connectivity index (χ1) is 12.7. The summed E-state index contributed by atoms with van der Waals surface area (Å²) >= 11 is 0. The minimum atomic E-state index is -3.81. The number of anilines is 1. The van der Waals surface area contributed by atoms with Crippen LogP contribution in [0.3, 0.4) is 0 Å². The predicted molar refractivity (Wildman–Crippen MR) is 107 cm³/mol. The van der Waals surface area contributed by atoms with E-state index in [0.717, 1.165) is 23.2 Å². The fraction of sp³-hybridized carbons (Fsp3) is 0.381. The van der Waals surface area contributed by atoms with Gasteiger partial charge in [0.15, 0.2) is 0 Å². The Morgan fingerprint density at radius 2 is 1.81 bits per heavy atom. The van der Waals surface area contributed by atoms with Gasteiger partial charge in [-0.15, -0.1) is 0 Å². The molecule has 2 aromatic rings. The number of carbonyl (C=O) groups excluding carboxylic acids is 1. The van der Waals surface area contributed by atoms with Crippen LogP contribution in [0.5, 0.6) is 0 Å². The fourth-order valence-electron chi connectivity index (χ4n) is 3.43. The third kappa shape index (κ3) is 3.92. The predicted octanol–water partition coefficient (Wildman–Crippen LogP) is 3.20. The number of carbonyl (C=O) groups is 1. The highest BCUT2D eigenvalue weighted by molar-refractivity contribution is 7.89. The van der Waals surface area contributed by atoms with Gasteiger partial charge in [-0.3, -0.25) is 4.79 Å². The molecule has 5 nitrogen and oxygen atoms in total. The summed E-state index contributed by atoms with van der Waals surface area (Å²) in [6.45, 7) is 7.90. The molecule has 0 unspecified atom stereocenters. The second-order valence-electron chi connectivity index (χ2n) is 7.48. The van der Waals surface area contributed by atoms with Crippen LogP contribution in [0, 0.1) is 19.8 Å². The molecule has 6 heteroatoms. The molecular weight excluding hydrogens is 360 g/mol. The molecule has 1 aliphatic rings. The standard InChI is InChI=1S/C21H26N2O3S/c1-14(2)20(21(24)23-12-11-17-7-5-6-8-18(17)23)22-27(25,26)19-13-15(3)9-10-16(19)4/h5-10,13-14,20,22H,11-12H2,1-4H3/t20-/m1/s1. The molecule has 0 radical (unpaired) electrons. The molecule has 1 heterocycles. The Kier molecular flexibility index (Phi) is 5.40. The van der Waals surface area contributed by atoms with E-state index in [2.05, 4.69) is 4.72 Å². The van der Waals surface area contributed by atoms with Crippen molar-refractivity contribution in [2.45, 2.75) is 45.1 Å². The van der Waals surface area contributed by atoms with Gasteiger partial charge < -0.3 is 4.90 Å². The molecule has 0 saturated carbocycles. The normalized spacial score (nSPS) is 15.1. The van der Waals surface area contributed by atoms with E-state index in [1.807, 2.05) is 51.1 Å². The van der Waals surface area contributed by atoms with Gasteiger partial charge in [0, 0.05) is 12.2 Å². The van der Waals surface area contributed by atoms with Gasteiger partial charge in [0.05, 0.1) is 4.90 Å². The third-order valence-electron chi connectivity index (χ3n) is 5.00. The largest absolute Gasteiger partial charge is 0.310 e. The quantitative estimate of drug-likeness (QED) is 0.858. The van der Waals surface area contributed by atoms with Gasteiger partial charge in [-0.05, 0) is 55.0 Å². The number of nitrogens with one attached hydrogen (secondary N) is 1. The second kappa shape index (κ2) is 7.44. The van der Waals surface area contributed by atoms with Crippen LogP contribution in [0.2, 0.25) is 0 Å². The van der Waals surface area contributed by atoms with Crippen LogP contribution >= 0.6 is 0 Å². The Morgan fingerprint density at radius 1 is 1.11 bits per heavy atom. The summed E-state index contributed by atoms with van der Waals surface area (Å²) < 4.78 is 28.7. The van der Waals surface area contributed by atoms with Gasteiger partial charge in [0.1, 0.15) is 6.04 Å². The maximum Gasteiger partial charge on any atom is 0.245 e. The van der Waals surface area contributed by atoms with Crippen LogP contribution in [0.1, 0.15) is 30.5 Å². The van der Waals surface area contributed by atoms with Crippen LogP contribution in [0.4, 0.5) is 5.69 Å². The Bertz CT molecular complexity index is 967. The van der Waals surface area contributed by atoms with E-state index in [-0.39, 0.29) is 16.7 Å². The van der Waals surface area contributed by atoms with E-state index >= 15 is 0 Å². The van der Waals surface area contributed by atoms with Crippen molar-refractivity contribution < 1.29 is 13.2 Å². The highest BCUT2D eigenvalue weighted by Crippen LogP contribution is 2.29. The van der Waals surface area contributed by atoms with E-state index in [1.165, 1.54) is 0 Å². The summed E-state index contributed by atoms with van der Waals surface area (Å²) in [5.74, 6) is -0.381. The second-order valence-corrected chi connectivity index (χ2v) is 9.16. The number of hydrogen-bond acceptors (Lipinski definition) is 3. The van der Waals surface area contributed by atoms with Crippen molar-refractivity contribution in [1.29, 1.82) is 0 Å². The maximum absolute atomic E-state index is 13.2. The lowest BCUT2D eigenvalue weighted by molar-refractivity contribution is -0.121. The fourth-order valence-corrected chi connectivity index (χ4v) is 5.10. The number of sulfonamides is 1. The van der Waals surface area contributed by atoms with Crippen molar-refractivity contribution in [3.8, 4) is 0 Å². The highest BCUT2D eigenvalue weighted by atomic mass is 32.2. The van der Waals surface area contributed by atoms with Gasteiger partial charge in [-0.25, -0.2) is 8.42 Å². The first-order valence-electron chi connectivity index (χ1n) is 9.19. The van der Waals surface area contributed by atoms with Crippen molar-refractivity contribution in [2.75, 3.05) is 11.4 Å². The van der Waals surface area contributed by atoms with Crippen LogP contribution < -0.4 is 9.62 Å². The number of rotatable bonds is 5. The molecule has 1 N–H and O–H groups in total. The van der Waals surface area contributed by atoms with Gasteiger partial charge in [0.25, 0.3) is 0 Å². The molecular formula is C21H26N2O3S. The minimum absolute atomic E-state index is 0.176. The minimum Gasteiger partial charge on any atom is -0.310 e. The summed E-state index contributed by atoms with van der Waals surface area (Å²) in [6, 6.07) is 12.3. The van der Waals surface area contributed by atoms with Crippen LogP contribution in [-0.4, -0.2) is 26.9 Å². The van der Waals surface area contributed by atoms with Crippen molar-refractivity contribution in [3.63, 3.8) is 0 Å². The molecule has 1 atom stereocenters. The van der Waals surface area contributed by atoms with E-state index in [0.29, 0.717) is 12.1 Å². The zero-order chi connectivity index (χ0) is 19.8. The van der Waals surface area contributed by atoms with Gasteiger partial charge in [-0.1, -0.05) is 44.2 Å². The highest BCUT2D eigenvalue weighted by Gasteiger charge is 2.35. The summed E-state index contributed by atoms with van der Waals surface area (Å²) in [6.07, 6.45) is 0.788. The number of hydrogen-bond donors (Lipinski definition) is 1. The molecule has 0 spiro atoms. The van der Waals surface area contributed by atoms with Crippen molar-refractivity contribution >= 4 is 21.6 Å². The van der Waals surface area contributed by atoms with Crippen LogP contribution in [-0.2, 0) is 21.2 Å². The maximum atomic E-state index is 13.2. The Morgan fingerprint density at radius 3 is 2.52 bits per heavy atom. The van der Waals surface area contributed by atoms with Gasteiger partial charge in [-0.2, -0.15) is 4.72 Å². The molecule has 2 aromatic carbocycles. The smallest absolute Gasteiger partial charge is 0.245 e. The summed E-state index contributed by atoms with van der Waals surface area (Å²) in [4.78, 5) is 15.1. The van der Waals surface area contributed by atoms with E-state index in [1.54, 1.807) is 24.0 Å². The number of aryl methyl sites for hydroxylation is 2. The van der Waals surface area contributed by atoms with Crippen molar-refractivity contribution in [1.82, 2.24) is 4.72 Å². The van der Waals surface area contributed by atoms with Crippen LogP contribution in [0.25, 0.3) is 0 Å². The number of benzene rings is 2. The van der Waals surface area contributed by atoms with Crippen molar-refractivity contribution in [3.05, 3.63) is 59.2 Å². The lowest BCUT2D eigenvalue weighted by atomic mass is 10.0. The van der Waals surface area contributed by atoms with Crippen LogP contribution in [0.15, 0.2) is 47.4 Å². The third-order valence-corrected chi connectivity index (χ3v) is 6.58. The number of fused-ring (bicyclic) bond motifs is 1. The van der Waals surface area contributed by atoms with E-state index in [9.17, 15) is 13.2 Å². The zero-order valence-corrected chi connectivity index (χ0v) is 17.0. The summed E-state index contributed by atoms with van der Waals surface area (Å²) in [7, 11) is -3.81. The first kappa shape index (κ1) is 19.6. The molecule has 3 rings (SSSR count). The summed E-state index contributed by atoms with van der Waals surface area (Å²) in [5.41, 5.74) is 3.52. The number of para-hydroxylation sites is 1. The lowest BCUT2D eigenvalue weighted by Crippen LogP contribution is -2.51. The molecule has 1 amide bonds. The molecule has 27 heavy (non-hydrogen) atoms. The summed E-state index contributed by atoms with van der Waals surface area (Å²) in [5, 5.41) is 0. The molecule has 0 fully saturated rings. The average molecular weight is 387 g/mol. The first-order valence-corrected chi connectivity index (χ1v) is 10.7. The van der Waals surface area contributed by atoms with Crippen molar-refractivity contribution in [2.24, 2.45) is 5.92 Å². The molecule has 1 aliphatic heterocycles. The number of amides is 1. The van der Waals surface area contributed by atoms with E-state index in [4.69, 9.17) is 0 Å². The average Bonchev–Trinajstić information content (AvgIpc) is 3.05. The molecule has 0 aliphatic carbocycles. The molecule has 0 bridgehead atoms. The SMILES string of the molecule is Cc1ccc(C)c(S(=O)(=O)N[C@@H](C(=O)N2CCc3ccccc32)C(C)C)c1. The van der Waals surface area contributed by atoms with E-state index < -0.39 is 16.1 Å². The molecule has 0 saturated heterocycles. The Hall–Kier alpha value is -2.18. The zero-order valence-electron chi connectivity index (χ0n) is 16.2. The van der Waals surface area contributed by atoms with Gasteiger partial charge >= 0.3 is 0 Å². The lowest BCUT2D eigenvalue weighted by Gasteiger charge is -2.27. The Labute approximate surface area is 161 Å². The monoisotopic (exact) mass is 386 g/mol. The topological polar surface area (TPSA) is 66.5 Å².